The van der Waals surface area contributed by atoms with Crippen LogP contribution in [0.15, 0.2) is 21.9 Å². The molecule has 0 radical (unpaired) electrons. The van der Waals surface area contributed by atoms with Gasteiger partial charge in [0.25, 0.3) is 0 Å². The second kappa shape index (κ2) is 3.92. The molecule has 0 saturated heterocycles. The van der Waals surface area contributed by atoms with Crippen LogP contribution >= 0.6 is 0 Å². The molecular weight excluding hydrogens is 148 g/mol. The summed E-state index contributed by atoms with van der Waals surface area (Å²) in [6.45, 7) is 3.02. The molecule has 1 aliphatic heterocycles. The van der Waals surface area contributed by atoms with Crippen molar-refractivity contribution in [1.29, 1.82) is 0 Å². The van der Waals surface area contributed by atoms with E-state index in [4.69, 9.17) is 9.84 Å². The number of aliphatic hydroxyl groups excluding tert-OH is 1. The van der Waals surface area contributed by atoms with Gasteiger partial charge in [-0.2, -0.15) is 5.11 Å². The number of aliphatic hydroxyl groups is 1. The molecule has 0 fully saturated rings. The van der Waals surface area contributed by atoms with Crippen LogP contribution in [0.25, 0.3) is 0 Å². The third-order valence-electron chi connectivity index (χ3n) is 1.20. The van der Waals surface area contributed by atoms with Gasteiger partial charge in [-0.3, -0.25) is 0 Å². The van der Waals surface area contributed by atoms with Gasteiger partial charge in [0, 0.05) is 10.9 Å². The first kappa shape index (κ1) is 8.00. The number of hydrogen-bond donors (Lipinski definition) is 1. The van der Waals surface area contributed by atoms with Crippen molar-refractivity contribution in [3.05, 3.63) is 11.5 Å². The van der Waals surface area contributed by atoms with Crippen molar-refractivity contribution in [3.63, 3.8) is 0 Å². The Morgan fingerprint density at radius 2 is 2.36 bits per heavy atom. The highest BCUT2D eigenvalue weighted by Crippen LogP contribution is 2.05. The van der Waals surface area contributed by atoms with Crippen LogP contribution in [-0.2, 0) is 9.57 Å². The Hall–Kier alpha value is -1.10. The number of rotatable bonds is 0. The number of nitrogens with zero attached hydrogens (tertiary/aromatic N) is 2. The lowest BCUT2D eigenvalue weighted by atomic mass is 10.3. The summed E-state index contributed by atoms with van der Waals surface area (Å²) in [5.41, 5.74) is 0.617. The number of hydrogen-bond acceptors (Lipinski definition) is 5. The van der Waals surface area contributed by atoms with Gasteiger partial charge < -0.3 is 14.7 Å². The van der Waals surface area contributed by atoms with Crippen molar-refractivity contribution in [2.24, 2.45) is 10.4 Å². The van der Waals surface area contributed by atoms with Gasteiger partial charge in [0.1, 0.15) is 0 Å². The average Bonchev–Trinajstić information content (AvgIpc) is 2.07. The third kappa shape index (κ3) is 2.55. The van der Waals surface area contributed by atoms with Crippen molar-refractivity contribution in [2.45, 2.75) is 6.92 Å². The van der Waals surface area contributed by atoms with Crippen LogP contribution in [0.2, 0.25) is 0 Å². The zero-order valence-electron chi connectivity index (χ0n) is 6.28. The van der Waals surface area contributed by atoms with Gasteiger partial charge >= 0.3 is 5.95 Å². The molecule has 0 bridgehead atoms. The molecule has 0 aromatic rings. The summed E-state index contributed by atoms with van der Waals surface area (Å²) >= 11 is 0. The minimum absolute atomic E-state index is 0.226. The quantitative estimate of drug-likeness (QED) is 0.575. The van der Waals surface area contributed by atoms with Crippen LogP contribution in [0.4, 0.5) is 0 Å². The Morgan fingerprint density at radius 1 is 1.55 bits per heavy atom. The normalized spacial score (nSPS) is 26.6. The van der Waals surface area contributed by atoms with Crippen LogP contribution < -0.4 is 0 Å². The fourth-order valence-electron chi connectivity index (χ4n) is 0.579. The topological polar surface area (TPSA) is 63.4 Å². The Labute approximate surface area is 64.3 Å². The molecule has 62 valence electrons. The molecule has 1 aliphatic rings. The molecule has 0 aliphatic carbocycles. The molecule has 0 unspecified atom stereocenters. The molecule has 1 rings (SSSR count). The lowest BCUT2D eigenvalue weighted by molar-refractivity contribution is 0.0785. The molecular formula is C6H10N2O3. The van der Waals surface area contributed by atoms with Gasteiger partial charge in [-0.05, 0) is 6.92 Å². The van der Waals surface area contributed by atoms with E-state index in [1.54, 1.807) is 6.92 Å². The zero-order chi connectivity index (χ0) is 8.10. The summed E-state index contributed by atoms with van der Waals surface area (Å²) < 4.78 is 5.09. The van der Waals surface area contributed by atoms with E-state index in [9.17, 15) is 0 Å². The van der Waals surface area contributed by atoms with E-state index in [-0.39, 0.29) is 5.95 Å². The lowest BCUT2D eigenvalue weighted by Gasteiger charge is -2.00. The molecule has 5 heteroatoms. The van der Waals surface area contributed by atoms with Crippen LogP contribution in [0.1, 0.15) is 6.92 Å². The monoisotopic (exact) mass is 158 g/mol. The van der Waals surface area contributed by atoms with Crippen molar-refractivity contribution in [2.75, 3.05) is 19.8 Å². The minimum atomic E-state index is -0.226. The van der Waals surface area contributed by atoms with E-state index >= 15 is 0 Å². The van der Waals surface area contributed by atoms with Gasteiger partial charge in [-0.15, -0.1) is 0 Å². The summed E-state index contributed by atoms with van der Waals surface area (Å²) in [4.78, 5) is 4.49. The van der Waals surface area contributed by atoms with E-state index < -0.39 is 0 Å². The van der Waals surface area contributed by atoms with Crippen molar-refractivity contribution < 1.29 is 14.7 Å². The fourth-order valence-corrected chi connectivity index (χ4v) is 0.579. The molecule has 0 saturated carbocycles. The Bertz CT molecular complexity index is 188. The molecule has 0 aromatic heterocycles. The highest BCUT2D eigenvalue weighted by Gasteiger charge is 2.03. The summed E-state index contributed by atoms with van der Waals surface area (Å²) in [5, 5.41) is 15.9. The summed E-state index contributed by atoms with van der Waals surface area (Å²) in [5.74, 6) is -0.226. The summed E-state index contributed by atoms with van der Waals surface area (Å²) in [6, 6.07) is 0. The Kier molecular flexibility index (Phi) is 2.85. The van der Waals surface area contributed by atoms with Gasteiger partial charge in [-0.1, -0.05) is 0 Å². The Morgan fingerprint density at radius 3 is 3.18 bits per heavy atom. The Balaban J connectivity index is 2.59. The van der Waals surface area contributed by atoms with E-state index in [0.717, 1.165) is 0 Å². The van der Waals surface area contributed by atoms with Crippen molar-refractivity contribution in [3.8, 4) is 0 Å². The molecule has 1 N–H and O–H groups in total. The second-order valence-electron chi connectivity index (χ2n) is 2.18. The maximum absolute atomic E-state index is 9.03. The van der Waals surface area contributed by atoms with Gasteiger partial charge in [0.15, 0.2) is 0 Å². The first-order chi connectivity index (χ1) is 5.30. The predicted molar refractivity (Wildman–Crippen MR) is 37.0 cm³/mol. The summed E-state index contributed by atoms with van der Waals surface area (Å²) in [7, 11) is 0. The largest absolute Gasteiger partial charge is 0.479 e. The van der Waals surface area contributed by atoms with Crippen molar-refractivity contribution in [1.82, 2.24) is 0 Å². The first-order valence-electron chi connectivity index (χ1n) is 3.31. The van der Waals surface area contributed by atoms with Gasteiger partial charge in [0.05, 0.1) is 19.8 Å². The minimum Gasteiger partial charge on any atom is -0.479 e. The number of ether oxygens (including phenoxy) is 1. The maximum atomic E-state index is 9.03. The van der Waals surface area contributed by atoms with Crippen LogP contribution in [0.5, 0.6) is 0 Å². The third-order valence-corrected chi connectivity index (χ3v) is 1.20. The average molecular weight is 158 g/mol. The molecule has 0 amide bonds. The van der Waals surface area contributed by atoms with E-state index in [0.29, 0.717) is 25.3 Å². The highest BCUT2D eigenvalue weighted by atomic mass is 16.7. The second-order valence-corrected chi connectivity index (χ2v) is 2.18. The van der Waals surface area contributed by atoms with Gasteiger partial charge in [0.2, 0.25) is 0 Å². The SMILES string of the molecule is C/C1=C(/O)ON=NCCOC1. The predicted octanol–water partition coefficient (Wildman–Crippen LogP) is 1.19. The van der Waals surface area contributed by atoms with Crippen LogP contribution in [0.3, 0.4) is 0 Å². The first-order valence-corrected chi connectivity index (χ1v) is 3.31. The maximum Gasteiger partial charge on any atom is 0.310 e. The molecule has 5 nitrogen and oxygen atoms in total. The molecule has 11 heavy (non-hydrogen) atoms. The molecule has 0 aromatic carbocycles. The smallest absolute Gasteiger partial charge is 0.310 e. The summed E-state index contributed by atoms with van der Waals surface area (Å²) in [6.07, 6.45) is 0. The van der Waals surface area contributed by atoms with Crippen LogP contribution in [-0.4, -0.2) is 24.9 Å². The zero-order valence-corrected chi connectivity index (χ0v) is 6.28. The molecule has 0 spiro atoms. The van der Waals surface area contributed by atoms with E-state index in [1.165, 1.54) is 0 Å². The lowest BCUT2D eigenvalue weighted by Crippen LogP contribution is -2.01. The standard InChI is InChI=1S/C6H10N2O3/c1-5-4-10-3-2-7-8-11-6(5)9/h9H,2-4H2,1H3/b6-5+,8-7?. The molecule has 0 atom stereocenters. The van der Waals surface area contributed by atoms with Gasteiger partial charge in [-0.25, -0.2) is 0 Å². The highest BCUT2D eigenvalue weighted by molar-refractivity contribution is 4.98. The van der Waals surface area contributed by atoms with Crippen LogP contribution in [0, 0.1) is 0 Å². The van der Waals surface area contributed by atoms with Crippen molar-refractivity contribution >= 4 is 0 Å². The van der Waals surface area contributed by atoms with E-state index in [2.05, 4.69) is 15.2 Å². The van der Waals surface area contributed by atoms with E-state index in [1.807, 2.05) is 0 Å². The molecule has 1 heterocycles. The fraction of sp³-hybridized carbons (Fsp3) is 0.667.